The molecule has 6 heteroatoms. The van der Waals surface area contributed by atoms with E-state index < -0.39 is 18.2 Å². The summed E-state index contributed by atoms with van der Waals surface area (Å²) in [5.74, 6) is -1.33. The third kappa shape index (κ3) is 5.59. The average Bonchev–Trinajstić information content (AvgIpc) is 2.75. The Morgan fingerprint density at radius 2 is 1.45 bits per heavy atom. The highest BCUT2D eigenvalue weighted by Gasteiger charge is 2.16. The second-order valence-corrected chi connectivity index (χ2v) is 6.24. The molecule has 0 bridgehead atoms. The molecule has 148 valence electrons. The molecule has 3 aromatic carbocycles. The van der Waals surface area contributed by atoms with Gasteiger partial charge in [0.1, 0.15) is 5.75 Å². The monoisotopic (exact) mass is 390 g/mol. The Hall–Kier alpha value is -3.80. The molecule has 0 aliphatic carbocycles. The SMILES string of the molecule is CCC(OC(=O)c1ccc(C(=O)[O-])cc1)Oc1ccc(Nc2ccccc2)cc1. The molecule has 1 unspecified atom stereocenters. The van der Waals surface area contributed by atoms with Crippen LogP contribution in [-0.2, 0) is 4.74 Å². The minimum absolute atomic E-state index is 0.00552. The Balaban J connectivity index is 1.59. The summed E-state index contributed by atoms with van der Waals surface area (Å²) in [4.78, 5) is 23.1. The Bertz CT molecular complexity index is 953. The molecule has 3 aromatic rings. The second-order valence-electron chi connectivity index (χ2n) is 6.24. The highest BCUT2D eigenvalue weighted by molar-refractivity contribution is 5.92. The van der Waals surface area contributed by atoms with Gasteiger partial charge in [-0.25, -0.2) is 4.79 Å². The van der Waals surface area contributed by atoms with Gasteiger partial charge in [0.15, 0.2) is 0 Å². The summed E-state index contributed by atoms with van der Waals surface area (Å²) >= 11 is 0. The number of esters is 1. The number of aromatic carboxylic acids is 1. The third-order valence-electron chi connectivity index (χ3n) is 4.11. The fourth-order valence-electron chi connectivity index (χ4n) is 2.58. The average molecular weight is 390 g/mol. The van der Waals surface area contributed by atoms with Gasteiger partial charge >= 0.3 is 5.97 Å². The van der Waals surface area contributed by atoms with Gasteiger partial charge in [0, 0.05) is 17.8 Å². The van der Waals surface area contributed by atoms with E-state index >= 15 is 0 Å². The van der Waals surface area contributed by atoms with Crippen LogP contribution >= 0.6 is 0 Å². The molecule has 0 saturated carbocycles. The molecule has 0 aliphatic rings. The number of para-hydroxylation sites is 1. The largest absolute Gasteiger partial charge is 0.545 e. The molecule has 1 N–H and O–H groups in total. The zero-order valence-corrected chi connectivity index (χ0v) is 15.8. The topological polar surface area (TPSA) is 87.7 Å². The number of carbonyl (C=O) groups excluding carboxylic acids is 2. The number of hydrogen-bond acceptors (Lipinski definition) is 6. The van der Waals surface area contributed by atoms with Crippen LogP contribution < -0.4 is 15.2 Å². The lowest BCUT2D eigenvalue weighted by Gasteiger charge is -2.18. The van der Waals surface area contributed by atoms with Crippen molar-refractivity contribution in [3.8, 4) is 5.75 Å². The van der Waals surface area contributed by atoms with Gasteiger partial charge in [-0.15, -0.1) is 0 Å². The third-order valence-corrected chi connectivity index (χ3v) is 4.11. The van der Waals surface area contributed by atoms with E-state index in [1.165, 1.54) is 24.3 Å². The van der Waals surface area contributed by atoms with Gasteiger partial charge in [-0.05, 0) is 54.1 Å². The number of anilines is 2. The number of nitrogens with one attached hydrogen (secondary N) is 1. The number of hydrogen-bond donors (Lipinski definition) is 1. The van der Waals surface area contributed by atoms with E-state index in [1.807, 2.05) is 49.4 Å². The molecule has 0 aromatic heterocycles. The Kier molecular flexibility index (Phi) is 6.47. The molecular formula is C23H20NO5-. The van der Waals surface area contributed by atoms with Crippen LogP contribution in [0.5, 0.6) is 5.75 Å². The summed E-state index contributed by atoms with van der Waals surface area (Å²) < 4.78 is 11.1. The van der Waals surface area contributed by atoms with Crippen molar-refractivity contribution in [3.63, 3.8) is 0 Å². The fourth-order valence-corrected chi connectivity index (χ4v) is 2.58. The second kappa shape index (κ2) is 9.41. The first kappa shape index (κ1) is 19.9. The lowest BCUT2D eigenvalue weighted by molar-refractivity contribution is -0.255. The van der Waals surface area contributed by atoms with E-state index in [1.54, 1.807) is 12.1 Å². The molecule has 0 heterocycles. The van der Waals surface area contributed by atoms with Crippen LogP contribution in [0, 0.1) is 0 Å². The molecule has 1 atom stereocenters. The molecule has 0 radical (unpaired) electrons. The maximum atomic E-state index is 12.3. The predicted octanol–water partition coefficient (Wildman–Crippen LogP) is 3.77. The zero-order chi connectivity index (χ0) is 20.6. The molecule has 29 heavy (non-hydrogen) atoms. The molecule has 0 amide bonds. The van der Waals surface area contributed by atoms with Crippen molar-refractivity contribution in [1.29, 1.82) is 0 Å². The van der Waals surface area contributed by atoms with Gasteiger partial charge in [0.2, 0.25) is 6.29 Å². The van der Waals surface area contributed by atoms with Crippen molar-refractivity contribution in [2.24, 2.45) is 0 Å². The minimum Gasteiger partial charge on any atom is -0.545 e. The highest BCUT2D eigenvalue weighted by atomic mass is 16.7. The van der Waals surface area contributed by atoms with Crippen LogP contribution in [0.25, 0.3) is 0 Å². The van der Waals surface area contributed by atoms with Crippen molar-refractivity contribution >= 4 is 23.3 Å². The van der Waals surface area contributed by atoms with Crippen molar-refractivity contribution in [3.05, 3.63) is 90.0 Å². The number of carboxylic acid groups (broad SMARTS) is 1. The van der Waals surface area contributed by atoms with E-state index in [-0.39, 0.29) is 11.1 Å². The maximum Gasteiger partial charge on any atom is 0.341 e. The van der Waals surface area contributed by atoms with Crippen LogP contribution in [0.2, 0.25) is 0 Å². The number of carboxylic acids is 1. The van der Waals surface area contributed by atoms with E-state index in [9.17, 15) is 14.7 Å². The Morgan fingerprint density at radius 1 is 0.862 bits per heavy atom. The van der Waals surface area contributed by atoms with Crippen LogP contribution in [0.15, 0.2) is 78.9 Å². The Labute approximate surface area is 168 Å². The number of benzene rings is 3. The summed E-state index contributed by atoms with van der Waals surface area (Å²) in [6.07, 6.45) is -0.316. The molecular weight excluding hydrogens is 370 g/mol. The lowest BCUT2D eigenvalue weighted by Crippen LogP contribution is -2.24. The van der Waals surface area contributed by atoms with E-state index in [4.69, 9.17) is 9.47 Å². The van der Waals surface area contributed by atoms with E-state index in [0.717, 1.165) is 11.4 Å². The van der Waals surface area contributed by atoms with Crippen molar-refractivity contribution in [2.75, 3.05) is 5.32 Å². The molecule has 6 nitrogen and oxygen atoms in total. The first-order valence-corrected chi connectivity index (χ1v) is 9.16. The van der Waals surface area contributed by atoms with Gasteiger partial charge in [-0.1, -0.05) is 37.3 Å². The van der Waals surface area contributed by atoms with Crippen LogP contribution in [-0.4, -0.2) is 18.2 Å². The first-order valence-electron chi connectivity index (χ1n) is 9.16. The van der Waals surface area contributed by atoms with Gasteiger partial charge in [0.05, 0.1) is 11.5 Å². The number of ether oxygens (including phenoxy) is 2. The van der Waals surface area contributed by atoms with E-state index in [0.29, 0.717) is 12.2 Å². The van der Waals surface area contributed by atoms with Gasteiger partial charge in [0.25, 0.3) is 0 Å². The van der Waals surface area contributed by atoms with Gasteiger partial charge in [-0.2, -0.15) is 0 Å². The van der Waals surface area contributed by atoms with Crippen LogP contribution in [0.4, 0.5) is 11.4 Å². The van der Waals surface area contributed by atoms with Crippen molar-refractivity contribution in [1.82, 2.24) is 0 Å². The number of carbonyl (C=O) groups is 2. The van der Waals surface area contributed by atoms with Crippen molar-refractivity contribution in [2.45, 2.75) is 19.6 Å². The summed E-state index contributed by atoms with van der Waals surface area (Å²) in [7, 11) is 0. The molecule has 0 aliphatic heterocycles. The van der Waals surface area contributed by atoms with E-state index in [2.05, 4.69) is 5.32 Å². The summed E-state index contributed by atoms with van der Waals surface area (Å²) in [5, 5.41) is 14.1. The highest BCUT2D eigenvalue weighted by Crippen LogP contribution is 2.21. The smallest absolute Gasteiger partial charge is 0.341 e. The Morgan fingerprint density at radius 3 is 2.03 bits per heavy atom. The summed E-state index contributed by atoms with van der Waals surface area (Å²) in [6, 6.07) is 22.5. The fraction of sp³-hybridized carbons (Fsp3) is 0.130. The normalized spacial score (nSPS) is 11.3. The molecule has 3 rings (SSSR count). The first-order chi connectivity index (χ1) is 14.0. The molecule has 0 saturated heterocycles. The number of rotatable bonds is 8. The summed E-state index contributed by atoms with van der Waals surface area (Å²) in [6.45, 7) is 1.84. The lowest BCUT2D eigenvalue weighted by atomic mass is 10.1. The minimum atomic E-state index is -1.30. The zero-order valence-electron chi connectivity index (χ0n) is 15.8. The molecule has 0 spiro atoms. The van der Waals surface area contributed by atoms with Crippen molar-refractivity contribution < 1.29 is 24.2 Å². The van der Waals surface area contributed by atoms with Crippen LogP contribution in [0.1, 0.15) is 34.1 Å². The summed E-state index contributed by atoms with van der Waals surface area (Å²) in [5.41, 5.74) is 2.11. The maximum absolute atomic E-state index is 12.3. The predicted molar refractivity (Wildman–Crippen MR) is 107 cm³/mol. The van der Waals surface area contributed by atoms with Gasteiger partial charge in [-0.3, -0.25) is 0 Å². The van der Waals surface area contributed by atoms with Gasteiger partial charge < -0.3 is 24.7 Å². The van der Waals surface area contributed by atoms with Crippen LogP contribution in [0.3, 0.4) is 0 Å². The molecule has 0 fully saturated rings. The quantitative estimate of drug-likeness (QED) is 0.465. The standard InChI is InChI=1S/C23H21NO5/c1-2-21(29-23(27)17-10-8-16(9-11-17)22(25)26)28-20-14-12-19(13-15-20)24-18-6-4-3-5-7-18/h3-15,21,24H,2H2,1H3,(H,25,26)/p-1.